The van der Waals surface area contributed by atoms with E-state index in [0.29, 0.717) is 11.3 Å². The first-order valence-corrected chi connectivity index (χ1v) is 6.23. The minimum atomic E-state index is -0.442. The molecule has 106 valence electrons. The Morgan fingerprint density at radius 2 is 2.05 bits per heavy atom. The van der Waals surface area contributed by atoms with Crippen LogP contribution in [0.15, 0.2) is 18.2 Å². The van der Waals surface area contributed by atoms with Gasteiger partial charge >= 0.3 is 5.97 Å². The zero-order valence-electron chi connectivity index (χ0n) is 11.7. The average Bonchev–Trinajstić information content (AvgIpc) is 2.35. The third kappa shape index (κ3) is 4.87. The van der Waals surface area contributed by atoms with Crippen LogP contribution in [0.5, 0.6) is 5.75 Å². The standard InChI is InChI=1S/C14H20FNO3/c1-9(2)19-14(17)8-18-13-6-5-11(15)7-12(13)10(3)16-4/h5-7,9-10,16H,8H2,1-4H3. The smallest absolute Gasteiger partial charge is 0.344 e. The van der Waals surface area contributed by atoms with Gasteiger partial charge in [-0.1, -0.05) is 0 Å². The summed E-state index contributed by atoms with van der Waals surface area (Å²) in [6.45, 7) is 5.23. The third-order valence-electron chi connectivity index (χ3n) is 2.58. The van der Waals surface area contributed by atoms with Crippen LogP contribution in [0.3, 0.4) is 0 Å². The molecule has 1 unspecified atom stereocenters. The van der Waals surface area contributed by atoms with E-state index in [1.807, 2.05) is 6.92 Å². The van der Waals surface area contributed by atoms with Gasteiger partial charge in [0.25, 0.3) is 0 Å². The van der Waals surface area contributed by atoms with Gasteiger partial charge < -0.3 is 14.8 Å². The predicted molar refractivity (Wildman–Crippen MR) is 70.6 cm³/mol. The van der Waals surface area contributed by atoms with Gasteiger partial charge in [-0.15, -0.1) is 0 Å². The Balaban J connectivity index is 2.75. The fraction of sp³-hybridized carbons (Fsp3) is 0.500. The predicted octanol–water partition coefficient (Wildman–Crippen LogP) is 2.44. The van der Waals surface area contributed by atoms with Gasteiger partial charge in [-0.2, -0.15) is 0 Å². The zero-order chi connectivity index (χ0) is 14.4. The molecule has 19 heavy (non-hydrogen) atoms. The molecule has 0 aliphatic carbocycles. The molecule has 5 heteroatoms. The summed E-state index contributed by atoms with van der Waals surface area (Å²) in [5.41, 5.74) is 0.667. The summed E-state index contributed by atoms with van der Waals surface area (Å²) >= 11 is 0. The molecule has 1 N–H and O–H groups in total. The van der Waals surface area contributed by atoms with Gasteiger partial charge in [0, 0.05) is 11.6 Å². The SMILES string of the molecule is CNC(C)c1cc(F)ccc1OCC(=O)OC(C)C. The van der Waals surface area contributed by atoms with Gasteiger partial charge in [0.1, 0.15) is 11.6 Å². The highest BCUT2D eigenvalue weighted by molar-refractivity contribution is 5.71. The molecule has 0 heterocycles. The molecule has 0 aromatic heterocycles. The van der Waals surface area contributed by atoms with Crippen LogP contribution in [0.1, 0.15) is 32.4 Å². The molecule has 4 nitrogen and oxygen atoms in total. The maximum Gasteiger partial charge on any atom is 0.344 e. The van der Waals surface area contributed by atoms with E-state index in [-0.39, 0.29) is 24.6 Å². The van der Waals surface area contributed by atoms with E-state index in [0.717, 1.165) is 0 Å². The molecule has 0 spiro atoms. The number of carbonyl (C=O) groups is 1. The highest BCUT2D eigenvalue weighted by Crippen LogP contribution is 2.25. The lowest BCUT2D eigenvalue weighted by atomic mass is 10.1. The van der Waals surface area contributed by atoms with Crippen molar-refractivity contribution >= 4 is 5.97 Å². The summed E-state index contributed by atoms with van der Waals surface area (Å²) in [7, 11) is 1.77. The Kier molecular flexibility index (Phi) is 5.76. The van der Waals surface area contributed by atoms with Crippen molar-refractivity contribution in [2.24, 2.45) is 0 Å². The number of hydrogen-bond donors (Lipinski definition) is 1. The van der Waals surface area contributed by atoms with Crippen molar-refractivity contribution in [3.8, 4) is 5.75 Å². The largest absolute Gasteiger partial charge is 0.482 e. The lowest BCUT2D eigenvalue weighted by Crippen LogP contribution is -2.20. The number of nitrogens with one attached hydrogen (secondary N) is 1. The summed E-state index contributed by atoms with van der Waals surface area (Å²) in [6, 6.07) is 4.13. The second-order valence-electron chi connectivity index (χ2n) is 4.52. The highest BCUT2D eigenvalue weighted by Gasteiger charge is 2.13. The van der Waals surface area contributed by atoms with Gasteiger partial charge in [-0.05, 0) is 46.0 Å². The third-order valence-corrected chi connectivity index (χ3v) is 2.58. The molecule has 1 aromatic carbocycles. The van der Waals surface area contributed by atoms with Crippen molar-refractivity contribution in [3.63, 3.8) is 0 Å². The van der Waals surface area contributed by atoms with Gasteiger partial charge in [-0.3, -0.25) is 0 Å². The first-order valence-electron chi connectivity index (χ1n) is 6.23. The monoisotopic (exact) mass is 269 g/mol. The molecule has 0 saturated heterocycles. The Morgan fingerprint density at radius 3 is 2.63 bits per heavy atom. The van der Waals surface area contributed by atoms with Crippen LogP contribution in [0.25, 0.3) is 0 Å². The van der Waals surface area contributed by atoms with E-state index in [2.05, 4.69) is 5.32 Å². The van der Waals surface area contributed by atoms with Gasteiger partial charge in [0.15, 0.2) is 6.61 Å². The highest BCUT2D eigenvalue weighted by atomic mass is 19.1. The number of hydrogen-bond acceptors (Lipinski definition) is 4. The number of rotatable bonds is 6. The molecule has 0 aliphatic rings. The number of carbonyl (C=O) groups excluding carboxylic acids is 1. The summed E-state index contributed by atoms with van der Waals surface area (Å²) < 4.78 is 23.6. The first kappa shape index (κ1) is 15.4. The van der Waals surface area contributed by atoms with Crippen LogP contribution >= 0.6 is 0 Å². The maximum absolute atomic E-state index is 13.2. The van der Waals surface area contributed by atoms with Crippen LogP contribution in [0.2, 0.25) is 0 Å². The van der Waals surface area contributed by atoms with Crippen LogP contribution in [0, 0.1) is 5.82 Å². The zero-order valence-corrected chi connectivity index (χ0v) is 11.7. The van der Waals surface area contributed by atoms with Crippen molar-refractivity contribution in [2.45, 2.75) is 32.9 Å². The second kappa shape index (κ2) is 7.09. The van der Waals surface area contributed by atoms with E-state index in [4.69, 9.17) is 9.47 Å². The Hall–Kier alpha value is -1.62. The Labute approximate surface area is 112 Å². The van der Waals surface area contributed by atoms with Crippen LogP contribution in [-0.4, -0.2) is 25.7 Å². The lowest BCUT2D eigenvalue weighted by Gasteiger charge is -2.16. The van der Waals surface area contributed by atoms with E-state index in [9.17, 15) is 9.18 Å². The second-order valence-corrected chi connectivity index (χ2v) is 4.52. The Bertz CT molecular complexity index is 435. The van der Waals surface area contributed by atoms with E-state index >= 15 is 0 Å². The minimum Gasteiger partial charge on any atom is -0.482 e. The van der Waals surface area contributed by atoms with Crippen LogP contribution in [-0.2, 0) is 9.53 Å². The summed E-state index contributed by atoms with van der Waals surface area (Å²) in [4.78, 5) is 11.4. The van der Waals surface area contributed by atoms with Gasteiger partial charge in [0.05, 0.1) is 6.10 Å². The molecule has 0 aliphatic heterocycles. The number of esters is 1. The summed E-state index contributed by atoms with van der Waals surface area (Å²) in [5.74, 6) is -0.305. The van der Waals surface area contributed by atoms with Gasteiger partial charge in [0.2, 0.25) is 0 Å². The van der Waals surface area contributed by atoms with Crippen molar-refractivity contribution in [1.29, 1.82) is 0 Å². The van der Waals surface area contributed by atoms with Crippen molar-refractivity contribution < 1.29 is 18.7 Å². The molecule has 0 saturated carbocycles. The van der Waals surface area contributed by atoms with Crippen molar-refractivity contribution in [3.05, 3.63) is 29.6 Å². The topological polar surface area (TPSA) is 47.6 Å². The van der Waals surface area contributed by atoms with E-state index < -0.39 is 5.97 Å². The fourth-order valence-corrected chi connectivity index (χ4v) is 1.58. The first-order chi connectivity index (χ1) is 8.93. The maximum atomic E-state index is 13.2. The van der Waals surface area contributed by atoms with Gasteiger partial charge in [-0.25, -0.2) is 9.18 Å². The lowest BCUT2D eigenvalue weighted by molar-refractivity contribution is -0.149. The molecule has 0 fully saturated rings. The molecule has 1 aromatic rings. The molecule has 0 radical (unpaired) electrons. The van der Waals surface area contributed by atoms with E-state index in [1.54, 1.807) is 20.9 Å². The number of benzene rings is 1. The minimum absolute atomic E-state index is 0.0770. The summed E-state index contributed by atoms with van der Waals surface area (Å²) in [6.07, 6.45) is -0.181. The molecule has 0 amide bonds. The fourth-order valence-electron chi connectivity index (χ4n) is 1.58. The molecular weight excluding hydrogens is 249 g/mol. The van der Waals surface area contributed by atoms with Crippen molar-refractivity contribution in [1.82, 2.24) is 5.32 Å². The summed E-state index contributed by atoms with van der Waals surface area (Å²) in [5, 5.41) is 3.01. The van der Waals surface area contributed by atoms with E-state index in [1.165, 1.54) is 18.2 Å². The van der Waals surface area contributed by atoms with Crippen LogP contribution in [0.4, 0.5) is 4.39 Å². The molecule has 0 bridgehead atoms. The molecule has 1 atom stereocenters. The average molecular weight is 269 g/mol. The molecular formula is C14H20FNO3. The Morgan fingerprint density at radius 1 is 1.37 bits per heavy atom. The van der Waals surface area contributed by atoms with Crippen molar-refractivity contribution in [2.75, 3.05) is 13.7 Å². The molecule has 1 rings (SSSR count). The quantitative estimate of drug-likeness (QED) is 0.806. The normalized spacial score (nSPS) is 12.3. The number of ether oxygens (including phenoxy) is 2. The number of halogens is 1. The van der Waals surface area contributed by atoms with Crippen LogP contribution < -0.4 is 10.1 Å².